The third-order valence-corrected chi connectivity index (χ3v) is 6.84. The molecule has 5 rings (SSSR count). The molecule has 32 heavy (non-hydrogen) atoms. The monoisotopic (exact) mass is 447 g/mol. The van der Waals surface area contributed by atoms with Gasteiger partial charge in [-0.3, -0.25) is 0 Å². The summed E-state index contributed by atoms with van der Waals surface area (Å²) in [7, 11) is -4.33. The molecule has 0 fully saturated rings. The average Bonchev–Trinajstić information content (AvgIpc) is 3.18. The molecule has 0 aliphatic heterocycles. The Morgan fingerprint density at radius 3 is 2.12 bits per heavy atom. The van der Waals surface area contributed by atoms with Gasteiger partial charge in [-0.05, 0) is 90.8 Å². The van der Waals surface area contributed by atoms with Crippen LogP contribution in [0.25, 0.3) is 22.1 Å². The van der Waals surface area contributed by atoms with E-state index in [4.69, 9.17) is 0 Å². The topological polar surface area (TPSA) is 78.6 Å². The van der Waals surface area contributed by atoms with Crippen LogP contribution >= 0.6 is 0 Å². The Balaban J connectivity index is 0.000000166. The summed E-state index contributed by atoms with van der Waals surface area (Å²) in [5.74, 6) is 0. The molecule has 5 aromatic rings. The fraction of sp³-hybridized carbons (Fsp3) is 0.200. The van der Waals surface area contributed by atoms with Crippen molar-refractivity contribution in [3.63, 3.8) is 0 Å². The Kier molecular flexibility index (Phi) is 5.48. The first-order valence-corrected chi connectivity index (χ1v) is 11.7. The van der Waals surface area contributed by atoms with Crippen LogP contribution in [0, 0.1) is 34.6 Å². The van der Waals surface area contributed by atoms with Gasteiger partial charge < -0.3 is 8.95 Å². The lowest BCUT2D eigenvalue weighted by atomic mass is 10.1. The van der Waals surface area contributed by atoms with Crippen molar-refractivity contribution in [1.29, 1.82) is 0 Å². The lowest BCUT2D eigenvalue weighted by molar-refractivity contribution is -0.552. The summed E-state index contributed by atoms with van der Waals surface area (Å²) in [6.45, 7) is 9.41. The molecule has 0 aliphatic carbocycles. The molecular weight excluding hydrogens is 422 g/mol. The van der Waals surface area contributed by atoms with Crippen molar-refractivity contribution in [2.45, 2.75) is 39.5 Å². The van der Waals surface area contributed by atoms with E-state index >= 15 is 0 Å². The van der Waals surface area contributed by atoms with E-state index in [-0.39, 0.29) is 4.90 Å². The lowest BCUT2D eigenvalue weighted by Crippen LogP contribution is -2.28. The Morgan fingerprint density at radius 1 is 0.812 bits per heavy atom. The predicted molar refractivity (Wildman–Crippen MR) is 124 cm³/mol. The highest BCUT2D eigenvalue weighted by atomic mass is 32.2. The highest BCUT2D eigenvalue weighted by Crippen LogP contribution is 2.22. The minimum Gasteiger partial charge on any atom is -0.744 e. The van der Waals surface area contributed by atoms with Gasteiger partial charge in [0.15, 0.2) is 0 Å². The smallest absolute Gasteiger partial charge is 0.262 e. The predicted octanol–water partition coefficient (Wildman–Crippen LogP) is 4.36. The molecule has 0 N–H and O–H groups in total. The molecule has 0 saturated heterocycles. The zero-order valence-corrected chi connectivity index (χ0v) is 19.6. The second-order valence-electron chi connectivity index (χ2n) is 8.19. The fourth-order valence-corrected chi connectivity index (χ4v) is 5.17. The van der Waals surface area contributed by atoms with Gasteiger partial charge in [-0.2, -0.15) is 0 Å². The van der Waals surface area contributed by atoms with Crippen molar-refractivity contribution in [2.24, 2.45) is 0 Å². The molecule has 2 aromatic carbocycles. The minimum atomic E-state index is -4.33. The van der Waals surface area contributed by atoms with Gasteiger partial charge in [0.2, 0.25) is 0 Å². The van der Waals surface area contributed by atoms with E-state index in [1.807, 2.05) is 23.7 Å². The molecule has 0 spiro atoms. The largest absolute Gasteiger partial charge is 0.744 e. The van der Waals surface area contributed by atoms with Gasteiger partial charge in [-0.25, -0.2) is 8.42 Å². The molecule has 0 aliphatic rings. The molecular formula is C25H25N3O3S. The van der Waals surface area contributed by atoms with Gasteiger partial charge in [0.25, 0.3) is 11.0 Å². The maximum atomic E-state index is 10.8. The van der Waals surface area contributed by atoms with Gasteiger partial charge in [0.1, 0.15) is 21.2 Å². The fourth-order valence-electron chi connectivity index (χ4n) is 4.27. The minimum absolute atomic E-state index is 0.0851. The third-order valence-electron chi connectivity index (χ3n) is 5.69. The second kappa shape index (κ2) is 8.00. The normalized spacial score (nSPS) is 11.7. The molecule has 3 aromatic heterocycles. The Morgan fingerprint density at radius 2 is 1.47 bits per heavy atom. The van der Waals surface area contributed by atoms with Crippen molar-refractivity contribution in [2.75, 3.05) is 0 Å². The Hall–Kier alpha value is -3.29. The molecule has 0 saturated carbocycles. The van der Waals surface area contributed by atoms with Crippen LogP contribution in [0.15, 0.2) is 65.8 Å². The number of hydrogen-bond acceptors (Lipinski definition) is 4. The molecule has 0 atom stereocenters. The first-order valence-electron chi connectivity index (χ1n) is 10.3. The first kappa shape index (κ1) is 21.9. The van der Waals surface area contributed by atoms with Crippen LogP contribution in [0.3, 0.4) is 0 Å². The van der Waals surface area contributed by atoms with Crippen LogP contribution in [-0.4, -0.2) is 22.5 Å². The first-order chi connectivity index (χ1) is 15.1. The number of aromatic nitrogens is 3. The molecule has 0 bridgehead atoms. The SMILES string of the molecule is Cc1cc(C)c(S(=O)(=O)[O-])c(C)c1.Cc1cc2c(cc1C)[n+]1ncccc1c1cccn12. The maximum Gasteiger partial charge on any atom is 0.262 e. The second-order valence-corrected chi connectivity index (χ2v) is 9.51. The van der Waals surface area contributed by atoms with E-state index in [2.05, 4.69) is 59.9 Å². The van der Waals surface area contributed by atoms with Crippen LogP contribution in [0.4, 0.5) is 0 Å². The van der Waals surface area contributed by atoms with E-state index in [9.17, 15) is 13.0 Å². The highest BCUT2D eigenvalue weighted by Gasteiger charge is 2.17. The standard InChI is InChI=1S/C16H14N3.C9H12O3S/c1-11-9-15-16(10-12(11)2)19-14(5-3-7-17-19)13-6-4-8-18(13)15;1-6-4-7(2)9(8(3)5-6)13(10,11)12/h3-10H,1-2H3;4-5H,1-3H3,(H,10,11,12)/q+1;/p-1. The molecule has 6 nitrogen and oxygen atoms in total. The number of nitrogens with zero attached hydrogens (tertiary/aromatic N) is 3. The summed E-state index contributed by atoms with van der Waals surface area (Å²) in [5.41, 5.74) is 9.24. The third kappa shape index (κ3) is 3.85. The molecule has 164 valence electrons. The maximum absolute atomic E-state index is 10.8. The summed E-state index contributed by atoms with van der Waals surface area (Å²) in [6, 6.07) is 16.1. The van der Waals surface area contributed by atoms with Gasteiger partial charge in [0, 0.05) is 18.3 Å². The zero-order chi connectivity index (χ0) is 23.2. The summed E-state index contributed by atoms with van der Waals surface area (Å²) < 4.78 is 36.8. The van der Waals surface area contributed by atoms with Gasteiger partial charge in [-0.15, -0.1) is 0 Å². The lowest BCUT2D eigenvalue weighted by Gasteiger charge is -2.14. The summed E-state index contributed by atoms with van der Waals surface area (Å²) >= 11 is 0. The highest BCUT2D eigenvalue weighted by molar-refractivity contribution is 7.85. The van der Waals surface area contributed by atoms with Crippen LogP contribution in [0.5, 0.6) is 0 Å². The Labute approximate surface area is 187 Å². The zero-order valence-electron chi connectivity index (χ0n) is 18.7. The van der Waals surface area contributed by atoms with E-state index in [0.29, 0.717) is 11.1 Å². The molecule has 0 unspecified atom stereocenters. The van der Waals surface area contributed by atoms with Gasteiger partial charge >= 0.3 is 0 Å². The van der Waals surface area contributed by atoms with Gasteiger partial charge in [0.05, 0.1) is 11.1 Å². The van der Waals surface area contributed by atoms with Crippen LogP contribution in [-0.2, 0) is 10.1 Å². The van der Waals surface area contributed by atoms with E-state index in [1.165, 1.54) is 22.2 Å². The molecule has 3 heterocycles. The van der Waals surface area contributed by atoms with Crippen molar-refractivity contribution >= 4 is 32.2 Å². The van der Waals surface area contributed by atoms with Crippen molar-refractivity contribution in [1.82, 2.24) is 9.50 Å². The summed E-state index contributed by atoms with van der Waals surface area (Å²) in [6.07, 6.45) is 3.94. The molecule has 0 amide bonds. The van der Waals surface area contributed by atoms with Crippen molar-refractivity contribution in [3.8, 4) is 0 Å². The van der Waals surface area contributed by atoms with E-state index in [1.54, 1.807) is 26.0 Å². The number of aryl methyl sites for hydroxylation is 5. The van der Waals surface area contributed by atoms with Gasteiger partial charge in [-0.1, -0.05) is 17.7 Å². The van der Waals surface area contributed by atoms with E-state index in [0.717, 1.165) is 16.6 Å². The van der Waals surface area contributed by atoms with Crippen molar-refractivity contribution in [3.05, 3.63) is 88.7 Å². The van der Waals surface area contributed by atoms with Crippen molar-refractivity contribution < 1.29 is 17.5 Å². The molecule has 0 radical (unpaired) electrons. The summed E-state index contributed by atoms with van der Waals surface area (Å²) in [4.78, 5) is -0.0851. The number of rotatable bonds is 1. The summed E-state index contributed by atoms with van der Waals surface area (Å²) in [5, 5.41) is 4.51. The Bertz CT molecular complexity index is 1580. The van der Waals surface area contributed by atoms with Crippen LogP contribution < -0.4 is 4.52 Å². The number of hydrogen-bond donors (Lipinski definition) is 0. The van der Waals surface area contributed by atoms with Crippen LogP contribution in [0.2, 0.25) is 0 Å². The quantitative estimate of drug-likeness (QED) is 0.217. The van der Waals surface area contributed by atoms with Crippen LogP contribution in [0.1, 0.15) is 27.8 Å². The number of fused-ring (bicyclic) bond motifs is 6. The van der Waals surface area contributed by atoms with E-state index < -0.39 is 10.1 Å². The average molecular weight is 448 g/mol. The number of benzene rings is 2. The molecule has 7 heteroatoms.